The van der Waals surface area contributed by atoms with Crippen LogP contribution in [-0.2, 0) is 4.74 Å². The van der Waals surface area contributed by atoms with Crippen LogP contribution in [0.5, 0.6) is 0 Å². The Kier molecular flexibility index (Phi) is 2.39. The molecular formula is C12H22O. The Morgan fingerprint density at radius 2 is 1.69 bits per heavy atom. The molecular weight excluding hydrogens is 160 g/mol. The van der Waals surface area contributed by atoms with Crippen LogP contribution < -0.4 is 0 Å². The van der Waals surface area contributed by atoms with Crippen molar-refractivity contribution in [2.75, 3.05) is 13.2 Å². The van der Waals surface area contributed by atoms with Crippen molar-refractivity contribution in [1.82, 2.24) is 0 Å². The van der Waals surface area contributed by atoms with Crippen LogP contribution in [0.15, 0.2) is 0 Å². The molecule has 2 rings (SSSR count). The van der Waals surface area contributed by atoms with Gasteiger partial charge in [-0.1, -0.05) is 20.8 Å². The summed E-state index contributed by atoms with van der Waals surface area (Å²) in [6.45, 7) is 9.23. The quantitative estimate of drug-likeness (QED) is 0.559. The zero-order valence-electron chi connectivity index (χ0n) is 9.18. The van der Waals surface area contributed by atoms with Gasteiger partial charge in [0.15, 0.2) is 0 Å². The number of ether oxygens (including phenoxy) is 1. The van der Waals surface area contributed by atoms with Gasteiger partial charge >= 0.3 is 0 Å². The van der Waals surface area contributed by atoms with Gasteiger partial charge in [-0.25, -0.2) is 0 Å². The van der Waals surface area contributed by atoms with Crippen LogP contribution in [0, 0.1) is 23.2 Å². The molecule has 1 heteroatoms. The van der Waals surface area contributed by atoms with Crippen LogP contribution in [0.3, 0.4) is 0 Å². The van der Waals surface area contributed by atoms with Gasteiger partial charge in [0.2, 0.25) is 0 Å². The molecule has 1 nitrogen and oxygen atoms in total. The van der Waals surface area contributed by atoms with Crippen molar-refractivity contribution in [2.24, 2.45) is 23.2 Å². The lowest BCUT2D eigenvalue weighted by molar-refractivity contribution is 0.121. The lowest BCUT2D eigenvalue weighted by Gasteiger charge is -2.38. The minimum absolute atomic E-state index is 0.508. The van der Waals surface area contributed by atoms with Gasteiger partial charge in [0, 0.05) is 13.2 Å². The Morgan fingerprint density at radius 3 is 2.38 bits per heavy atom. The number of fused-ring (bicyclic) bond motifs is 1. The first-order valence-electron chi connectivity index (χ1n) is 5.65. The Morgan fingerprint density at radius 1 is 1.00 bits per heavy atom. The Labute approximate surface area is 81.9 Å². The van der Waals surface area contributed by atoms with Gasteiger partial charge < -0.3 is 4.74 Å². The summed E-state index contributed by atoms with van der Waals surface area (Å²) in [6.07, 6.45) is 4.24. The van der Waals surface area contributed by atoms with E-state index in [-0.39, 0.29) is 0 Å². The van der Waals surface area contributed by atoms with Gasteiger partial charge in [-0.15, -0.1) is 0 Å². The van der Waals surface area contributed by atoms with Crippen molar-refractivity contribution in [3.63, 3.8) is 0 Å². The minimum atomic E-state index is 0.508. The van der Waals surface area contributed by atoms with Crippen LogP contribution in [-0.4, -0.2) is 13.2 Å². The lowest BCUT2D eigenvalue weighted by Crippen LogP contribution is -2.31. The monoisotopic (exact) mass is 182 g/mol. The van der Waals surface area contributed by atoms with Crippen LogP contribution >= 0.6 is 0 Å². The highest BCUT2D eigenvalue weighted by atomic mass is 16.5. The van der Waals surface area contributed by atoms with E-state index in [1.54, 1.807) is 0 Å². The molecule has 2 unspecified atom stereocenters. The third kappa shape index (κ3) is 1.90. The molecule has 2 aliphatic rings. The molecule has 0 radical (unpaired) electrons. The Bertz CT molecular complexity index is 180. The van der Waals surface area contributed by atoms with Gasteiger partial charge in [0.05, 0.1) is 0 Å². The second-order valence-corrected chi connectivity index (χ2v) is 5.93. The molecule has 76 valence electrons. The smallest absolute Gasteiger partial charge is 0.0498 e. The van der Waals surface area contributed by atoms with E-state index in [0.717, 1.165) is 31.0 Å². The molecule has 1 saturated carbocycles. The zero-order chi connectivity index (χ0) is 9.47. The summed E-state index contributed by atoms with van der Waals surface area (Å²) in [7, 11) is 0. The van der Waals surface area contributed by atoms with Crippen molar-refractivity contribution in [3.8, 4) is 0 Å². The van der Waals surface area contributed by atoms with Gasteiger partial charge in [0.25, 0.3) is 0 Å². The molecule has 0 amide bonds. The zero-order valence-corrected chi connectivity index (χ0v) is 9.18. The molecule has 1 aliphatic carbocycles. The number of hydrogen-bond donors (Lipinski definition) is 0. The largest absolute Gasteiger partial charge is 0.381 e. The first-order chi connectivity index (χ1) is 6.07. The van der Waals surface area contributed by atoms with Crippen LogP contribution in [0.25, 0.3) is 0 Å². The van der Waals surface area contributed by atoms with E-state index < -0.39 is 0 Å². The summed E-state index contributed by atoms with van der Waals surface area (Å²) in [5.74, 6) is 2.71. The average Bonchev–Trinajstić information content (AvgIpc) is 2.47. The standard InChI is InChI=1S/C12H22O/c1-12(2,3)11-5-4-9-7-13-8-10(9)6-11/h9-11H,4-8H2,1-3H3/t9-,10?,11?/m0/s1. The summed E-state index contributed by atoms with van der Waals surface area (Å²) in [5.41, 5.74) is 0.508. The van der Waals surface area contributed by atoms with E-state index in [1.807, 2.05) is 0 Å². The second-order valence-electron chi connectivity index (χ2n) is 5.93. The van der Waals surface area contributed by atoms with Crippen molar-refractivity contribution < 1.29 is 4.74 Å². The molecule has 0 aromatic rings. The molecule has 0 aromatic carbocycles. The molecule has 0 N–H and O–H groups in total. The van der Waals surface area contributed by atoms with Crippen molar-refractivity contribution in [1.29, 1.82) is 0 Å². The van der Waals surface area contributed by atoms with E-state index in [9.17, 15) is 0 Å². The topological polar surface area (TPSA) is 9.23 Å². The van der Waals surface area contributed by atoms with E-state index in [4.69, 9.17) is 4.74 Å². The maximum absolute atomic E-state index is 5.55. The highest BCUT2D eigenvalue weighted by Gasteiger charge is 2.38. The summed E-state index contributed by atoms with van der Waals surface area (Å²) in [4.78, 5) is 0. The molecule has 0 aromatic heterocycles. The molecule has 0 bridgehead atoms. The molecule has 1 aliphatic heterocycles. The van der Waals surface area contributed by atoms with E-state index in [1.165, 1.54) is 19.3 Å². The molecule has 2 fully saturated rings. The summed E-state index contributed by atoms with van der Waals surface area (Å²) >= 11 is 0. The molecule has 13 heavy (non-hydrogen) atoms. The summed E-state index contributed by atoms with van der Waals surface area (Å²) < 4.78 is 5.55. The Balaban J connectivity index is 1.97. The van der Waals surface area contributed by atoms with Crippen molar-refractivity contribution in [3.05, 3.63) is 0 Å². The highest BCUT2D eigenvalue weighted by Crippen LogP contribution is 2.44. The van der Waals surface area contributed by atoms with E-state index in [0.29, 0.717) is 5.41 Å². The maximum Gasteiger partial charge on any atom is 0.0498 e. The Hall–Kier alpha value is -0.0400. The van der Waals surface area contributed by atoms with Gasteiger partial charge in [-0.05, 0) is 42.4 Å². The first kappa shape index (κ1) is 9.51. The van der Waals surface area contributed by atoms with Crippen LogP contribution in [0.2, 0.25) is 0 Å². The van der Waals surface area contributed by atoms with Crippen LogP contribution in [0.4, 0.5) is 0 Å². The molecule has 1 saturated heterocycles. The molecule has 3 atom stereocenters. The van der Waals surface area contributed by atoms with E-state index >= 15 is 0 Å². The van der Waals surface area contributed by atoms with Gasteiger partial charge in [-0.3, -0.25) is 0 Å². The third-order valence-electron chi connectivity index (χ3n) is 4.03. The predicted molar refractivity (Wildman–Crippen MR) is 54.6 cm³/mol. The summed E-state index contributed by atoms with van der Waals surface area (Å²) in [6, 6.07) is 0. The van der Waals surface area contributed by atoms with Gasteiger partial charge in [0.1, 0.15) is 0 Å². The average molecular weight is 182 g/mol. The van der Waals surface area contributed by atoms with Gasteiger partial charge in [-0.2, -0.15) is 0 Å². The van der Waals surface area contributed by atoms with Crippen LogP contribution in [0.1, 0.15) is 40.0 Å². The maximum atomic E-state index is 5.55. The van der Waals surface area contributed by atoms with E-state index in [2.05, 4.69) is 20.8 Å². The minimum Gasteiger partial charge on any atom is -0.381 e. The lowest BCUT2D eigenvalue weighted by atomic mass is 9.66. The first-order valence-corrected chi connectivity index (χ1v) is 5.65. The molecule has 1 heterocycles. The highest BCUT2D eigenvalue weighted by molar-refractivity contribution is 4.87. The number of rotatable bonds is 0. The second kappa shape index (κ2) is 3.27. The summed E-state index contributed by atoms with van der Waals surface area (Å²) in [5, 5.41) is 0. The normalized spacial score (nSPS) is 40.4. The number of hydrogen-bond acceptors (Lipinski definition) is 1. The fourth-order valence-corrected chi connectivity index (χ4v) is 2.91. The predicted octanol–water partition coefficient (Wildman–Crippen LogP) is 3.10. The molecule has 0 spiro atoms. The third-order valence-corrected chi connectivity index (χ3v) is 4.03. The fourth-order valence-electron chi connectivity index (χ4n) is 2.91. The fraction of sp³-hybridized carbons (Fsp3) is 1.00. The SMILES string of the molecule is CC(C)(C)C1CC[C@H]2COCC2C1. The van der Waals surface area contributed by atoms with Crippen molar-refractivity contribution >= 4 is 0 Å². The van der Waals surface area contributed by atoms with Crippen molar-refractivity contribution in [2.45, 2.75) is 40.0 Å².